The summed E-state index contributed by atoms with van der Waals surface area (Å²) in [5.41, 5.74) is 0.290. The molecule has 0 saturated carbocycles. The van der Waals surface area contributed by atoms with E-state index >= 15 is 0 Å². The van der Waals surface area contributed by atoms with Crippen LogP contribution in [0.5, 0.6) is 0 Å². The highest BCUT2D eigenvalue weighted by molar-refractivity contribution is 7.09. The Labute approximate surface area is 105 Å². The van der Waals surface area contributed by atoms with Crippen molar-refractivity contribution < 1.29 is 9.90 Å². The number of thiazole rings is 1. The van der Waals surface area contributed by atoms with E-state index in [1.165, 1.54) is 11.3 Å². The van der Waals surface area contributed by atoms with Gasteiger partial charge in [-0.25, -0.2) is 4.98 Å². The number of likely N-dealkylation sites (tertiary alicyclic amines) is 1. The molecule has 1 aliphatic rings. The molecule has 1 fully saturated rings. The molecule has 1 aromatic rings. The Morgan fingerprint density at radius 1 is 1.65 bits per heavy atom. The molecule has 1 saturated heterocycles. The Kier molecular flexibility index (Phi) is 3.23. The first kappa shape index (κ1) is 12.5. The lowest BCUT2D eigenvalue weighted by Crippen LogP contribution is -2.50. The zero-order valence-corrected chi connectivity index (χ0v) is 11.3. The smallest absolute Gasteiger partial charge is 0.273 e. The molecule has 4 nitrogen and oxygen atoms in total. The first-order valence-corrected chi connectivity index (χ1v) is 6.67. The summed E-state index contributed by atoms with van der Waals surface area (Å²) in [5, 5.41) is 12.6. The van der Waals surface area contributed by atoms with Crippen LogP contribution in [0.1, 0.15) is 35.8 Å². The van der Waals surface area contributed by atoms with Crippen LogP contribution in [0.15, 0.2) is 5.38 Å². The largest absolute Gasteiger partial charge is 0.392 e. The van der Waals surface area contributed by atoms with E-state index in [0.29, 0.717) is 25.2 Å². The molecule has 0 aromatic carbocycles. The zero-order chi connectivity index (χ0) is 12.6. The second kappa shape index (κ2) is 4.38. The van der Waals surface area contributed by atoms with Gasteiger partial charge in [-0.2, -0.15) is 0 Å². The number of aromatic nitrogens is 1. The third kappa shape index (κ3) is 2.50. The van der Waals surface area contributed by atoms with Crippen LogP contribution < -0.4 is 0 Å². The highest BCUT2D eigenvalue weighted by Crippen LogP contribution is 2.29. The van der Waals surface area contributed by atoms with Gasteiger partial charge in [0.15, 0.2) is 0 Å². The minimum Gasteiger partial charge on any atom is -0.392 e. The normalized spacial score (nSPS) is 23.8. The molecule has 2 heterocycles. The Morgan fingerprint density at radius 2 is 2.35 bits per heavy atom. The van der Waals surface area contributed by atoms with Crippen LogP contribution in [-0.2, 0) is 0 Å². The summed E-state index contributed by atoms with van der Waals surface area (Å²) in [4.78, 5) is 18.2. The summed E-state index contributed by atoms with van der Waals surface area (Å²) in [7, 11) is 0. The molecule has 94 valence electrons. The third-order valence-corrected chi connectivity index (χ3v) is 4.07. The average molecular weight is 254 g/mol. The lowest BCUT2D eigenvalue weighted by atomic mass is 9.81. The standard InChI is InChI=1S/C12H18N2O2S/c1-8-13-9(6-17-8)11(16)14-5-4-10(15)12(2,3)7-14/h6,10,15H,4-5,7H2,1-3H3. The van der Waals surface area contributed by atoms with E-state index in [0.717, 1.165) is 5.01 Å². The van der Waals surface area contributed by atoms with E-state index in [1.807, 2.05) is 20.8 Å². The van der Waals surface area contributed by atoms with Gasteiger partial charge in [-0.05, 0) is 13.3 Å². The molecule has 5 heteroatoms. The molecule has 1 aromatic heterocycles. The van der Waals surface area contributed by atoms with E-state index in [9.17, 15) is 9.90 Å². The molecule has 2 rings (SSSR count). The number of hydrogen-bond acceptors (Lipinski definition) is 4. The third-order valence-electron chi connectivity index (χ3n) is 3.30. The summed E-state index contributed by atoms with van der Waals surface area (Å²) in [6.45, 7) is 7.07. The topological polar surface area (TPSA) is 53.4 Å². The minimum absolute atomic E-state index is 0.0191. The van der Waals surface area contributed by atoms with Gasteiger partial charge < -0.3 is 10.0 Å². The summed E-state index contributed by atoms with van der Waals surface area (Å²) >= 11 is 1.49. The van der Waals surface area contributed by atoms with Crippen LogP contribution in [0.3, 0.4) is 0 Å². The molecular formula is C12H18N2O2S. The van der Waals surface area contributed by atoms with Crippen LogP contribution in [0.4, 0.5) is 0 Å². The first-order valence-electron chi connectivity index (χ1n) is 5.79. The van der Waals surface area contributed by atoms with Crippen molar-refractivity contribution in [3.63, 3.8) is 0 Å². The van der Waals surface area contributed by atoms with E-state index < -0.39 is 0 Å². The SMILES string of the molecule is Cc1nc(C(=O)N2CCC(O)C(C)(C)C2)cs1. The van der Waals surface area contributed by atoms with Gasteiger partial charge >= 0.3 is 0 Å². The zero-order valence-electron chi connectivity index (χ0n) is 10.4. The number of rotatable bonds is 1. The molecule has 1 unspecified atom stereocenters. The van der Waals surface area contributed by atoms with Gasteiger partial charge in [-0.15, -0.1) is 11.3 Å². The van der Waals surface area contributed by atoms with Crippen LogP contribution >= 0.6 is 11.3 Å². The van der Waals surface area contributed by atoms with Gasteiger partial charge in [0.1, 0.15) is 5.69 Å². The van der Waals surface area contributed by atoms with Crippen molar-refractivity contribution in [2.24, 2.45) is 5.41 Å². The molecule has 0 aliphatic carbocycles. The van der Waals surface area contributed by atoms with Crippen molar-refractivity contribution in [1.29, 1.82) is 0 Å². The van der Waals surface area contributed by atoms with Crippen LogP contribution in [0.2, 0.25) is 0 Å². The molecular weight excluding hydrogens is 236 g/mol. The predicted molar refractivity (Wildman–Crippen MR) is 67.2 cm³/mol. The summed E-state index contributed by atoms with van der Waals surface area (Å²) in [6.07, 6.45) is 0.311. The van der Waals surface area contributed by atoms with Gasteiger partial charge in [0.25, 0.3) is 5.91 Å². The summed E-state index contributed by atoms with van der Waals surface area (Å²) < 4.78 is 0. The van der Waals surface area contributed by atoms with Gasteiger partial charge in [0.05, 0.1) is 11.1 Å². The lowest BCUT2D eigenvalue weighted by molar-refractivity contribution is -0.0183. The molecule has 1 N–H and O–H groups in total. The van der Waals surface area contributed by atoms with Gasteiger partial charge in [-0.3, -0.25) is 4.79 Å². The van der Waals surface area contributed by atoms with Gasteiger partial charge in [0.2, 0.25) is 0 Å². The van der Waals surface area contributed by atoms with E-state index in [2.05, 4.69) is 4.98 Å². The second-order valence-electron chi connectivity index (χ2n) is 5.27. The molecule has 1 atom stereocenters. The Morgan fingerprint density at radius 3 is 2.88 bits per heavy atom. The number of nitrogens with zero attached hydrogens (tertiary/aromatic N) is 2. The Bertz CT molecular complexity index is 428. The van der Waals surface area contributed by atoms with Crippen molar-refractivity contribution >= 4 is 17.2 Å². The highest BCUT2D eigenvalue weighted by atomic mass is 32.1. The molecule has 17 heavy (non-hydrogen) atoms. The Hall–Kier alpha value is -0.940. The predicted octanol–water partition coefficient (Wildman–Crippen LogP) is 1.68. The van der Waals surface area contributed by atoms with Gasteiger partial charge in [0, 0.05) is 23.9 Å². The van der Waals surface area contributed by atoms with Crippen molar-refractivity contribution in [2.45, 2.75) is 33.3 Å². The number of amides is 1. The maximum absolute atomic E-state index is 12.2. The molecule has 1 amide bonds. The van der Waals surface area contributed by atoms with Crippen LogP contribution in [-0.4, -0.2) is 40.1 Å². The quantitative estimate of drug-likeness (QED) is 0.829. The number of carbonyl (C=O) groups is 1. The molecule has 1 aliphatic heterocycles. The van der Waals surface area contributed by atoms with Crippen molar-refractivity contribution in [3.8, 4) is 0 Å². The summed E-state index contributed by atoms with van der Waals surface area (Å²) in [5.74, 6) is -0.0191. The maximum Gasteiger partial charge on any atom is 0.273 e. The number of carbonyl (C=O) groups excluding carboxylic acids is 1. The maximum atomic E-state index is 12.2. The molecule has 0 spiro atoms. The fourth-order valence-corrected chi connectivity index (χ4v) is 2.73. The highest BCUT2D eigenvalue weighted by Gasteiger charge is 2.36. The lowest BCUT2D eigenvalue weighted by Gasteiger charge is -2.41. The van der Waals surface area contributed by atoms with Gasteiger partial charge in [-0.1, -0.05) is 13.8 Å². The van der Waals surface area contributed by atoms with Crippen molar-refractivity contribution in [3.05, 3.63) is 16.1 Å². The second-order valence-corrected chi connectivity index (χ2v) is 6.33. The number of aliphatic hydroxyl groups is 1. The van der Waals surface area contributed by atoms with Crippen LogP contribution in [0, 0.1) is 12.3 Å². The monoisotopic (exact) mass is 254 g/mol. The number of aliphatic hydroxyl groups excluding tert-OH is 1. The number of piperidine rings is 1. The number of aryl methyl sites for hydroxylation is 1. The summed E-state index contributed by atoms with van der Waals surface area (Å²) in [6, 6.07) is 0. The van der Waals surface area contributed by atoms with E-state index in [-0.39, 0.29) is 17.4 Å². The molecule has 0 bridgehead atoms. The van der Waals surface area contributed by atoms with E-state index in [1.54, 1.807) is 10.3 Å². The average Bonchev–Trinajstić information content (AvgIpc) is 2.68. The van der Waals surface area contributed by atoms with Crippen LogP contribution in [0.25, 0.3) is 0 Å². The number of hydrogen-bond donors (Lipinski definition) is 1. The first-order chi connectivity index (χ1) is 7.90. The molecule has 0 radical (unpaired) electrons. The van der Waals surface area contributed by atoms with E-state index in [4.69, 9.17) is 0 Å². The van der Waals surface area contributed by atoms with Crippen molar-refractivity contribution in [1.82, 2.24) is 9.88 Å². The Balaban J connectivity index is 2.11. The van der Waals surface area contributed by atoms with Crippen molar-refractivity contribution in [2.75, 3.05) is 13.1 Å². The minimum atomic E-state index is -0.330. The fourth-order valence-electron chi connectivity index (χ4n) is 2.14. The fraction of sp³-hybridized carbons (Fsp3) is 0.667.